The molecule has 2 amide bonds. The number of unbranched alkanes of at least 4 members (excludes halogenated alkanes) is 1. The first-order chi connectivity index (χ1) is 17.0. The molecule has 0 spiro atoms. The van der Waals surface area contributed by atoms with Crippen molar-refractivity contribution in [2.24, 2.45) is 0 Å². The van der Waals surface area contributed by atoms with Gasteiger partial charge in [0.25, 0.3) is 0 Å². The number of halogens is 1. The minimum absolute atomic E-state index is 0.0602. The van der Waals surface area contributed by atoms with Gasteiger partial charge in [0.1, 0.15) is 11.9 Å². The molecule has 0 bridgehead atoms. The average molecular weight is 520 g/mol. The molecule has 0 saturated carbocycles. The van der Waals surface area contributed by atoms with Crippen LogP contribution in [0, 0.1) is 19.7 Å². The normalized spacial score (nSPS) is 12.2. The summed E-state index contributed by atoms with van der Waals surface area (Å²) >= 11 is 0. The van der Waals surface area contributed by atoms with Crippen LogP contribution in [0.25, 0.3) is 0 Å². The third-order valence-electron chi connectivity index (χ3n) is 6.26. The lowest BCUT2D eigenvalue weighted by molar-refractivity contribution is -0.140. The van der Waals surface area contributed by atoms with E-state index in [-0.39, 0.29) is 43.6 Å². The molecule has 0 heterocycles. The molecule has 2 aromatic carbocycles. The Labute approximate surface area is 214 Å². The fourth-order valence-electron chi connectivity index (χ4n) is 3.89. The molecule has 36 heavy (non-hydrogen) atoms. The van der Waals surface area contributed by atoms with Gasteiger partial charge in [-0.05, 0) is 68.5 Å². The van der Waals surface area contributed by atoms with Gasteiger partial charge in [0.2, 0.25) is 21.8 Å². The summed E-state index contributed by atoms with van der Waals surface area (Å²) in [6, 6.07) is 10.6. The van der Waals surface area contributed by atoms with Crippen molar-refractivity contribution in [3.8, 4) is 0 Å². The van der Waals surface area contributed by atoms with Gasteiger partial charge in [-0.3, -0.25) is 13.9 Å². The Hall–Kier alpha value is -2.94. The van der Waals surface area contributed by atoms with Crippen molar-refractivity contribution in [1.29, 1.82) is 0 Å². The van der Waals surface area contributed by atoms with Gasteiger partial charge in [-0.15, -0.1) is 0 Å². The Morgan fingerprint density at radius 2 is 1.72 bits per heavy atom. The van der Waals surface area contributed by atoms with E-state index in [1.54, 1.807) is 25.1 Å². The van der Waals surface area contributed by atoms with Crippen molar-refractivity contribution in [1.82, 2.24) is 10.2 Å². The predicted molar refractivity (Wildman–Crippen MR) is 142 cm³/mol. The van der Waals surface area contributed by atoms with Crippen molar-refractivity contribution in [3.05, 3.63) is 65.0 Å². The van der Waals surface area contributed by atoms with Crippen LogP contribution in [0.4, 0.5) is 10.1 Å². The first kappa shape index (κ1) is 29.3. The maximum atomic E-state index is 13.4. The van der Waals surface area contributed by atoms with Gasteiger partial charge in [0.05, 0.1) is 11.9 Å². The third-order valence-corrected chi connectivity index (χ3v) is 7.44. The van der Waals surface area contributed by atoms with Gasteiger partial charge in [0.15, 0.2) is 0 Å². The molecule has 0 aliphatic heterocycles. The second-order valence-electron chi connectivity index (χ2n) is 9.13. The number of amides is 2. The van der Waals surface area contributed by atoms with Crippen molar-refractivity contribution >= 4 is 27.5 Å². The number of carbonyl (C=O) groups is 2. The summed E-state index contributed by atoms with van der Waals surface area (Å²) in [5.41, 5.74) is 3.14. The van der Waals surface area contributed by atoms with Crippen LogP contribution < -0.4 is 9.62 Å². The van der Waals surface area contributed by atoms with Crippen LogP contribution in [-0.4, -0.2) is 50.5 Å². The lowest BCUT2D eigenvalue weighted by atomic mass is 10.1. The molecule has 2 rings (SSSR count). The molecule has 0 aliphatic carbocycles. The highest BCUT2D eigenvalue weighted by molar-refractivity contribution is 7.92. The number of benzene rings is 2. The van der Waals surface area contributed by atoms with Gasteiger partial charge in [-0.1, -0.05) is 37.6 Å². The lowest BCUT2D eigenvalue weighted by Crippen LogP contribution is -2.48. The Bertz CT molecular complexity index is 1140. The van der Waals surface area contributed by atoms with Crippen LogP contribution in [0.1, 0.15) is 56.2 Å². The third kappa shape index (κ3) is 8.33. The van der Waals surface area contributed by atoms with Crippen LogP contribution in [0.15, 0.2) is 42.5 Å². The molecule has 1 N–H and O–H groups in total. The number of hydrogen-bond acceptors (Lipinski definition) is 4. The predicted octanol–water partition coefficient (Wildman–Crippen LogP) is 4.32. The maximum Gasteiger partial charge on any atom is 0.242 e. The number of nitrogens with zero attached hydrogens (tertiary/aromatic N) is 2. The van der Waals surface area contributed by atoms with Crippen LogP contribution in [0.2, 0.25) is 0 Å². The number of carbonyl (C=O) groups excluding carboxylic acids is 2. The minimum Gasteiger partial charge on any atom is -0.354 e. The summed E-state index contributed by atoms with van der Waals surface area (Å²) in [5, 5.41) is 2.86. The largest absolute Gasteiger partial charge is 0.354 e. The monoisotopic (exact) mass is 519 g/mol. The van der Waals surface area contributed by atoms with E-state index in [1.165, 1.54) is 21.3 Å². The molecule has 9 heteroatoms. The molecule has 0 fully saturated rings. The van der Waals surface area contributed by atoms with E-state index in [0.717, 1.165) is 30.2 Å². The van der Waals surface area contributed by atoms with E-state index in [4.69, 9.17) is 0 Å². The lowest BCUT2D eigenvalue weighted by Gasteiger charge is -2.29. The summed E-state index contributed by atoms with van der Waals surface area (Å²) in [6.07, 6.45) is 3.27. The topological polar surface area (TPSA) is 86.8 Å². The zero-order valence-electron chi connectivity index (χ0n) is 21.9. The van der Waals surface area contributed by atoms with Crippen LogP contribution in [-0.2, 0) is 26.2 Å². The van der Waals surface area contributed by atoms with Crippen LogP contribution in [0.5, 0.6) is 0 Å². The number of hydrogen-bond donors (Lipinski definition) is 1. The van der Waals surface area contributed by atoms with E-state index < -0.39 is 16.1 Å². The Morgan fingerprint density at radius 3 is 2.33 bits per heavy atom. The number of sulfonamides is 1. The number of aryl methyl sites for hydroxylation is 1. The minimum atomic E-state index is -3.56. The highest BCUT2D eigenvalue weighted by Crippen LogP contribution is 2.25. The first-order valence-corrected chi connectivity index (χ1v) is 14.2. The molecule has 0 aromatic heterocycles. The molecule has 0 aliphatic rings. The molecule has 7 nitrogen and oxygen atoms in total. The zero-order chi connectivity index (χ0) is 26.9. The average Bonchev–Trinajstić information content (AvgIpc) is 2.82. The summed E-state index contributed by atoms with van der Waals surface area (Å²) in [5.74, 6) is -0.909. The SMILES string of the molecule is CCCCNC(=O)[C@H](C)N(Cc1ccc(F)cc1)C(=O)CCCN(c1cccc(C)c1C)S(C)(=O)=O. The van der Waals surface area contributed by atoms with Gasteiger partial charge < -0.3 is 10.2 Å². The molecule has 198 valence electrons. The van der Waals surface area contributed by atoms with Crippen LogP contribution in [0.3, 0.4) is 0 Å². The number of anilines is 1. The van der Waals surface area contributed by atoms with E-state index in [2.05, 4.69) is 5.32 Å². The molecular formula is C27H38FN3O4S. The number of nitrogens with one attached hydrogen (secondary N) is 1. The Morgan fingerprint density at radius 1 is 1.06 bits per heavy atom. The first-order valence-electron chi connectivity index (χ1n) is 12.3. The molecular weight excluding hydrogens is 481 g/mol. The highest BCUT2D eigenvalue weighted by atomic mass is 32.2. The fraction of sp³-hybridized carbons (Fsp3) is 0.481. The van der Waals surface area contributed by atoms with Crippen LogP contribution >= 0.6 is 0 Å². The van der Waals surface area contributed by atoms with E-state index in [9.17, 15) is 22.4 Å². The summed E-state index contributed by atoms with van der Waals surface area (Å²) in [6.45, 7) is 8.29. The zero-order valence-corrected chi connectivity index (χ0v) is 22.7. The second-order valence-corrected chi connectivity index (χ2v) is 11.0. The maximum absolute atomic E-state index is 13.4. The van der Waals surface area contributed by atoms with Gasteiger partial charge in [0, 0.05) is 26.1 Å². The Balaban J connectivity index is 2.17. The molecule has 0 radical (unpaired) electrons. The van der Waals surface area contributed by atoms with Gasteiger partial charge in [-0.25, -0.2) is 12.8 Å². The van der Waals surface area contributed by atoms with Gasteiger partial charge in [-0.2, -0.15) is 0 Å². The molecule has 0 unspecified atom stereocenters. The van der Waals surface area contributed by atoms with Crippen molar-refractivity contribution in [2.45, 2.75) is 66.0 Å². The summed E-state index contributed by atoms with van der Waals surface area (Å²) in [4.78, 5) is 27.5. The van der Waals surface area contributed by atoms with E-state index >= 15 is 0 Å². The van der Waals surface area contributed by atoms with Crippen molar-refractivity contribution in [2.75, 3.05) is 23.7 Å². The second kappa shape index (κ2) is 13.4. The molecule has 1 atom stereocenters. The van der Waals surface area contributed by atoms with Crippen molar-refractivity contribution < 1.29 is 22.4 Å². The van der Waals surface area contributed by atoms with E-state index in [0.29, 0.717) is 17.8 Å². The van der Waals surface area contributed by atoms with E-state index in [1.807, 2.05) is 32.9 Å². The standard InChI is InChI=1S/C27H38FN3O4S/c1-6-7-17-29-27(33)22(4)30(19-23-13-15-24(28)16-14-23)26(32)12-9-18-31(36(5,34)35)25-11-8-10-20(2)21(25)3/h8,10-11,13-16,22H,6-7,9,12,17-19H2,1-5H3,(H,29,33)/t22-/m0/s1. The molecule has 0 saturated heterocycles. The fourth-order valence-corrected chi connectivity index (χ4v) is 4.91. The summed E-state index contributed by atoms with van der Waals surface area (Å²) in [7, 11) is -3.56. The Kier molecular flexibility index (Phi) is 10.9. The quantitative estimate of drug-likeness (QED) is 0.399. The molecule has 2 aromatic rings. The highest BCUT2D eigenvalue weighted by Gasteiger charge is 2.27. The van der Waals surface area contributed by atoms with Gasteiger partial charge >= 0.3 is 0 Å². The smallest absolute Gasteiger partial charge is 0.242 e. The summed E-state index contributed by atoms with van der Waals surface area (Å²) < 4.78 is 39.8. The van der Waals surface area contributed by atoms with Crippen molar-refractivity contribution in [3.63, 3.8) is 0 Å². The number of rotatable bonds is 13.